The second-order valence-electron chi connectivity index (χ2n) is 3.00. The fourth-order valence-corrected chi connectivity index (χ4v) is 0.300. The lowest BCUT2D eigenvalue weighted by atomic mass is 10.5. The number of hydrogen-bond acceptors (Lipinski definition) is 3. The lowest BCUT2D eigenvalue weighted by molar-refractivity contribution is -0.870. The minimum atomic E-state index is -3.38. The minimum Gasteiger partial charge on any atom is -0.604 e. The lowest BCUT2D eigenvalue weighted by Crippen LogP contribution is -2.36. The number of aliphatic hydroxyl groups excluding tert-OH is 1. The van der Waals surface area contributed by atoms with E-state index in [1.807, 2.05) is 0 Å². The van der Waals surface area contributed by atoms with Crippen LogP contribution in [0.15, 0.2) is 0 Å². The number of halogens is 1. The largest absolute Gasteiger partial charge is 0.604 e. The second kappa shape index (κ2) is 8.92. The number of hydrogen-bond donors (Lipinski definition) is 2. The summed E-state index contributed by atoms with van der Waals surface area (Å²) in [5, 5.41) is 8.39. The molecule has 0 atom stereocenters. The van der Waals surface area contributed by atoms with Crippen molar-refractivity contribution in [2.24, 2.45) is 0 Å². The molecule has 0 fully saturated rings. The first-order chi connectivity index (χ1) is 4.79. The van der Waals surface area contributed by atoms with Gasteiger partial charge >= 0.3 is 9.17 Å². The molecule has 0 aliphatic carbocycles. The predicted octanol–water partition coefficient (Wildman–Crippen LogP) is -2.14. The van der Waals surface area contributed by atoms with Crippen molar-refractivity contribution < 1.29 is 23.6 Å². The van der Waals surface area contributed by atoms with Gasteiger partial charge in [0.15, 0.2) is 0 Å². The van der Waals surface area contributed by atoms with Crippen LogP contribution in [-0.4, -0.2) is 57.9 Å². The van der Waals surface area contributed by atoms with Gasteiger partial charge in [0, 0.05) is 0 Å². The van der Waals surface area contributed by atoms with Gasteiger partial charge in [-0.3, -0.25) is 0 Å². The van der Waals surface area contributed by atoms with E-state index >= 15 is 0 Å². The van der Waals surface area contributed by atoms with Crippen LogP contribution in [0.3, 0.4) is 0 Å². The van der Waals surface area contributed by atoms with E-state index in [-0.39, 0.29) is 19.0 Å². The maximum absolute atomic E-state index is 8.63. The molecule has 0 saturated carbocycles. The van der Waals surface area contributed by atoms with Gasteiger partial charge in [-0.25, -0.2) is 0 Å². The highest BCUT2D eigenvalue weighted by Crippen LogP contribution is 1.84. The van der Waals surface area contributed by atoms with Crippen molar-refractivity contribution in [1.29, 1.82) is 0 Å². The standard InChI is InChI=1S/C5H14NO.ClH.HO3Si/c1-6(2,3)4-5-7;;1-4(2)3/h7H,4-5H2,1-3H3;1H;1H/q+1;;-1. The zero-order valence-corrected chi connectivity index (χ0v) is 9.30. The summed E-state index contributed by atoms with van der Waals surface area (Å²) in [6.45, 7) is 1.11. The number of quaternary nitrogens is 1. The van der Waals surface area contributed by atoms with Gasteiger partial charge in [-0.1, -0.05) is 0 Å². The van der Waals surface area contributed by atoms with Crippen LogP contribution in [0.5, 0.6) is 0 Å². The summed E-state index contributed by atoms with van der Waals surface area (Å²) in [5.41, 5.74) is 0. The molecular weight excluding hydrogens is 202 g/mol. The minimum absolute atomic E-state index is 0. The summed E-state index contributed by atoms with van der Waals surface area (Å²) in [6.07, 6.45) is 0. The average Bonchev–Trinajstić information content (AvgIpc) is 1.58. The zero-order valence-electron chi connectivity index (χ0n) is 7.48. The molecule has 0 aromatic heterocycles. The summed E-state index contributed by atoms with van der Waals surface area (Å²) in [6, 6.07) is 0. The van der Waals surface area contributed by atoms with Gasteiger partial charge in [-0.2, -0.15) is 0 Å². The molecule has 5 nitrogen and oxygen atoms in total. The molecule has 0 spiro atoms. The molecule has 76 valence electrons. The Hall–Kier alpha value is -0.173. The smallest absolute Gasteiger partial charge is 0.410 e. The molecule has 0 heterocycles. The first kappa shape index (κ1) is 17.8. The molecule has 0 unspecified atom stereocenters. The fraction of sp³-hybridized carbons (Fsp3) is 1.00. The molecule has 0 saturated heterocycles. The lowest BCUT2D eigenvalue weighted by Gasteiger charge is -2.21. The highest BCUT2D eigenvalue weighted by Gasteiger charge is 2.02. The maximum atomic E-state index is 8.63. The molecule has 7 heteroatoms. The summed E-state index contributed by atoms with van der Waals surface area (Å²) in [7, 11) is 2.78. The molecule has 0 bridgehead atoms. The van der Waals surface area contributed by atoms with Gasteiger partial charge in [0.05, 0.1) is 27.7 Å². The molecule has 0 aromatic carbocycles. The first-order valence-corrected chi connectivity index (χ1v) is 4.37. The quantitative estimate of drug-likeness (QED) is 0.409. The predicted molar refractivity (Wildman–Crippen MR) is 45.9 cm³/mol. The van der Waals surface area contributed by atoms with Crippen molar-refractivity contribution in [3.05, 3.63) is 0 Å². The molecule has 0 aliphatic rings. The molecule has 0 rings (SSSR count). The van der Waals surface area contributed by atoms with Crippen molar-refractivity contribution in [2.45, 2.75) is 0 Å². The van der Waals surface area contributed by atoms with Crippen LogP contribution >= 0.6 is 12.4 Å². The number of aliphatic hydroxyl groups is 1. The van der Waals surface area contributed by atoms with Crippen molar-refractivity contribution >= 4 is 21.6 Å². The highest BCUT2D eigenvalue weighted by molar-refractivity contribution is 6.19. The monoisotopic (exact) mass is 217 g/mol. The van der Waals surface area contributed by atoms with Gasteiger partial charge in [-0.15, -0.1) is 12.4 Å². The van der Waals surface area contributed by atoms with E-state index in [9.17, 15) is 0 Å². The van der Waals surface area contributed by atoms with Crippen LogP contribution in [0.25, 0.3) is 0 Å². The van der Waals surface area contributed by atoms with Crippen LogP contribution in [0.4, 0.5) is 0 Å². The number of nitrogens with zero attached hydrogens (tertiary/aromatic N) is 1. The van der Waals surface area contributed by atoms with Crippen LogP contribution in [-0.2, 0) is 4.46 Å². The fourth-order valence-electron chi connectivity index (χ4n) is 0.300. The molecule has 0 amide bonds. The van der Waals surface area contributed by atoms with Crippen molar-refractivity contribution in [3.63, 3.8) is 0 Å². The Morgan fingerprint density at radius 1 is 1.42 bits per heavy atom. The van der Waals surface area contributed by atoms with E-state index in [2.05, 4.69) is 21.1 Å². The molecule has 12 heavy (non-hydrogen) atoms. The van der Waals surface area contributed by atoms with E-state index < -0.39 is 9.17 Å². The zero-order chi connectivity index (χ0) is 9.49. The Bertz CT molecular complexity index is 113. The topological polar surface area (TPSA) is 80.6 Å². The van der Waals surface area contributed by atoms with Crippen LogP contribution in [0, 0.1) is 0 Å². The van der Waals surface area contributed by atoms with Crippen LogP contribution in [0.2, 0.25) is 0 Å². The Kier molecular flexibility index (Phi) is 13.2. The van der Waals surface area contributed by atoms with Crippen LogP contribution < -0.4 is 4.80 Å². The first-order valence-electron chi connectivity index (χ1n) is 3.11. The summed E-state index contributed by atoms with van der Waals surface area (Å²) in [5.74, 6) is 0. The third kappa shape index (κ3) is 52.3. The third-order valence-corrected chi connectivity index (χ3v) is 0.771. The van der Waals surface area contributed by atoms with E-state index in [1.54, 1.807) is 0 Å². The summed E-state index contributed by atoms with van der Waals surface area (Å²) < 4.78 is 9.47. The van der Waals surface area contributed by atoms with Gasteiger partial charge < -0.3 is 23.6 Å². The molecule has 0 radical (unpaired) electrons. The SMILES string of the molecule is C[N+](C)(C)CCO.Cl.O=[Si]([O-])O. The van der Waals surface area contributed by atoms with Gasteiger partial charge in [0.25, 0.3) is 0 Å². The molecule has 0 aliphatic heterocycles. The number of rotatable bonds is 2. The Balaban J connectivity index is -0.000000142. The van der Waals surface area contributed by atoms with Gasteiger partial charge in [0.2, 0.25) is 0 Å². The molecule has 0 aromatic rings. The Labute approximate surface area is 80.2 Å². The van der Waals surface area contributed by atoms with E-state index in [0.29, 0.717) is 0 Å². The third-order valence-electron chi connectivity index (χ3n) is 0.771. The highest BCUT2D eigenvalue weighted by atomic mass is 35.5. The van der Waals surface area contributed by atoms with E-state index in [1.165, 1.54) is 0 Å². The van der Waals surface area contributed by atoms with Gasteiger partial charge in [0.1, 0.15) is 6.54 Å². The van der Waals surface area contributed by atoms with E-state index in [0.717, 1.165) is 11.0 Å². The van der Waals surface area contributed by atoms with Crippen molar-refractivity contribution in [1.82, 2.24) is 0 Å². The Morgan fingerprint density at radius 3 is 1.67 bits per heavy atom. The van der Waals surface area contributed by atoms with Crippen molar-refractivity contribution in [2.75, 3.05) is 34.3 Å². The maximum Gasteiger partial charge on any atom is 0.410 e. The van der Waals surface area contributed by atoms with Crippen molar-refractivity contribution in [3.8, 4) is 0 Å². The average molecular weight is 218 g/mol. The molecule has 2 N–H and O–H groups in total. The normalized spacial score (nSPS) is 9.00. The Morgan fingerprint density at radius 2 is 1.67 bits per heavy atom. The summed E-state index contributed by atoms with van der Waals surface area (Å²) in [4.78, 5) is 15.7. The second-order valence-corrected chi connectivity index (χ2v) is 3.54. The van der Waals surface area contributed by atoms with Crippen LogP contribution in [0.1, 0.15) is 0 Å². The number of likely N-dealkylation sites (N-methyl/N-ethyl adjacent to an activating group) is 1. The van der Waals surface area contributed by atoms with Gasteiger partial charge in [-0.05, 0) is 0 Å². The molecular formula is C5H16ClNO4Si. The summed E-state index contributed by atoms with van der Waals surface area (Å²) >= 11 is 0. The van der Waals surface area contributed by atoms with E-state index in [4.69, 9.17) is 19.2 Å².